The highest BCUT2D eigenvalue weighted by molar-refractivity contribution is 5.85. The fraction of sp³-hybridized carbons (Fsp3) is 0.462. The average Bonchev–Trinajstić information content (AvgIpc) is 2.32. The summed E-state index contributed by atoms with van der Waals surface area (Å²) in [5, 5.41) is 5.67. The lowest BCUT2D eigenvalue weighted by Gasteiger charge is -2.18. The Hall–Kier alpha value is -1.20. The molecule has 1 amide bonds. The van der Waals surface area contributed by atoms with E-state index in [4.69, 9.17) is 0 Å². The molecule has 0 aliphatic carbocycles. The monoisotopic (exact) mass is 292 g/mol. The summed E-state index contributed by atoms with van der Waals surface area (Å²) in [4.78, 5) is 11.7. The van der Waals surface area contributed by atoms with Crippen LogP contribution >= 0.6 is 12.4 Å². The largest absolute Gasteiger partial charge is 0.349 e. The summed E-state index contributed by atoms with van der Waals surface area (Å²) in [5.74, 6) is -2.10. The SMILES string of the molecule is CNCC(C)C(=O)NC(C)c1ccc(F)c(F)c1.Cl. The van der Waals surface area contributed by atoms with Crippen LogP contribution < -0.4 is 10.6 Å². The lowest BCUT2D eigenvalue weighted by molar-refractivity contribution is -0.125. The third-order valence-corrected chi connectivity index (χ3v) is 2.76. The van der Waals surface area contributed by atoms with Gasteiger partial charge < -0.3 is 10.6 Å². The Morgan fingerprint density at radius 2 is 1.89 bits per heavy atom. The van der Waals surface area contributed by atoms with Crippen LogP contribution in [0.25, 0.3) is 0 Å². The van der Waals surface area contributed by atoms with Crippen molar-refractivity contribution in [1.82, 2.24) is 10.6 Å². The number of carbonyl (C=O) groups excluding carboxylic acids is 1. The summed E-state index contributed by atoms with van der Waals surface area (Å²) in [6.07, 6.45) is 0. The standard InChI is InChI=1S/C13H18F2N2O.ClH/c1-8(7-16-3)13(18)17-9(2)10-4-5-11(14)12(15)6-10;/h4-6,8-9,16H,7H2,1-3H3,(H,17,18);1H. The molecule has 0 aliphatic rings. The van der Waals surface area contributed by atoms with Crippen molar-refractivity contribution in [2.45, 2.75) is 19.9 Å². The molecule has 108 valence electrons. The summed E-state index contributed by atoms with van der Waals surface area (Å²) >= 11 is 0. The quantitative estimate of drug-likeness (QED) is 0.875. The molecule has 0 aromatic heterocycles. The van der Waals surface area contributed by atoms with Crippen molar-refractivity contribution in [3.05, 3.63) is 35.4 Å². The van der Waals surface area contributed by atoms with Gasteiger partial charge in [-0.15, -0.1) is 12.4 Å². The Balaban J connectivity index is 0.00000324. The molecule has 19 heavy (non-hydrogen) atoms. The van der Waals surface area contributed by atoms with E-state index in [1.807, 2.05) is 0 Å². The Bertz CT molecular complexity index is 429. The zero-order chi connectivity index (χ0) is 13.7. The normalized spacial score (nSPS) is 13.3. The molecule has 0 saturated heterocycles. The fourth-order valence-electron chi connectivity index (χ4n) is 1.62. The minimum absolute atomic E-state index is 0. The highest BCUT2D eigenvalue weighted by Gasteiger charge is 2.16. The summed E-state index contributed by atoms with van der Waals surface area (Å²) in [6, 6.07) is 3.27. The summed E-state index contributed by atoms with van der Waals surface area (Å²) in [7, 11) is 1.77. The van der Waals surface area contributed by atoms with E-state index in [-0.39, 0.29) is 30.3 Å². The van der Waals surface area contributed by atoms with E-state index >= 15 is 0 Å². The van der Waals surface area contributed by atoms with E-state index in [0.717, 1.165) is 12.1 Å². The minimum atomic E-state index is -0.906. The summed E-state index contributed by atoms with van der Waals surface area (Å²) < 4.78 is 25.8. The number of benzene rings is 1. The van der Waals surface area contributed by atoms with Crippen molar-refractivity contribution in [2.24, 2.45) is 5.92 Å². The highest BCUT2D eigenvalue weighted by atomic mass is 35.5. The van der Waals surface area contributed by atoms with E-state index in [0.29, 0.717) is 12.1 Å². The molecule has 0 bridgehead atoms. The van der Waals surface area contributed by atoms with Gasteiger partial charge in [0, 0.05) is 12.5 Å². The molecule has 0 fully saturated rings. The summed E-state index contributed by atoms with van der Waals surface area (Å²) in [6.45, 7) is 4.09. The molecule has 2 atom stereocenters. The van der Waals surface area contributed by atoms with E-state index in [1.165, 1.54) is 6.07 Å². The molecule has 0 heterocycles. The maximum absolute atomic E-state index is 13.1. The van der Waals surface area contributed by atoms with Gasteiger partial charge in [-0.2, -0.15) is 0 Å². The minimum Gasteiger partial charge on any atom is -0.349 e. The molecule has 1 aromatic carbocycles. The van der Waals surface area contributed by atoms with Gasteiger partial charge in [0.1, 0.15) is 0 Å². The van der Waals surface area contributed by atoms with Crippen molar-refractivity contribution >= 4 is 18.3 Å². The van der Waals surface area contributed by atoms with Crippen LogP contribution in [0.15, 0.2) is 18.2 Å². The number of nitrogens with one attached hydrogen (secondary N) is 2. The van der Waals surface area contributed by atoms with Crippen LogP contribution in [0.4, 0.5) is 8.78 Å². The molecule has 2 N–H and O–H groups in total. The Kier molecular flexibility index (Phi) is 7.56. The van der Waals surface area contributed by atoms with Crippen LogP contribution in [-0.2, 0) is 4.79 Å². The van der Waals surface area contributed by atoms with Crippen LogP contribution in [0, 0.1) is 17.6 Å². The first kappa shape index (κ1) is 17.8. The first-order valence-corrected chi connectivity index (χ1v) is 5.85. The topological polar surface area (TPSA) is 41.1 Å². The molecule has 1 aromatic rings. The van der Waals surface area contributed by atoms with Gasteiger partial charge >= 0.3 is 0 Å². The first-order valence-electron chi connectivity index (χ1n) is 5.85. The third kappa shape index (κ3) is 5.12. The average molecular weight is 293 g/mol. The number of hydrogen-bond donors (Lipinski definition) is 2. The van der Waals surface area contributed by atoms with E-state index in [1.54, 1.807) is 20.9 Å². The zero-order valence-electron chi connectivity index (χ0n) is 11.2. The molecule has 2 unspecified atom stereocenters. The van der Waals surface area contributed by atoms with Gasteiger partial charge in [0.2, 0.25) is 5.91 Å². The van der Waals surface area contributed by atoms with Crippen LogP contribution in [0.3, 0.4) is 0 Å². The number of amides is 1. The van der Waals surface area contributed by atoms with Crippen LogP contribution in [0.1, 0.15) is 25.5 Å². The van der Waals surface area contributed by atoms with Gasteiger partial charge in [0.15, 0.2) is 11.6 Å². The van der Waals surface area contributed by atoms with Crippen molar-refractivity contribution in [3.8, 4) is 0 Å². The molecule has 0 saturated carbocycles. The van der Waals surface area contributed by atoms with Gasteiger partial charge in [0.25, 0.3) is 0 Å². The molecule has 6 heteroatoms. The smallest absolute Gasteiger partial charge is 0.224 e. The third-order valence-electron chi connectivity index (χ3n) is 2.76. The van der Waals surface area contributed by atoms with Gasteiger partial charge in [-0.1, -0.05) is 13.0 Å². The molecule has 1 rings (SSSR count). The van der Waals surface area contributed by atoms with Crippen molar-refractivity contribution in [1.29, 1.82) is 0 Å². The molecule has 0 aliphatic heterocycles. The second kappa shape index (κ2) is 8.07. The maximum atomic E-state index is 13.1. The van der Waals surface area contributed by atoms with E-state index in [9.17, 15) is 13.6 Å². The first-order chi connectivity index (χ1) is 8.45. The highest BCUT2D eigenvalue weighted by Crippen LogP contribution is 2.16. The number of hydrogen-bond acceptors (Lipinski definition) is 2. The maximum Gasteiger partial charge on any atom is 0.224 e. The van der Waals surface area contributed by atoms with Crippen molar-refractivity contribution in [2.75, 3.05) is 13.6 Å². The van der Waals surface area contributed by atoms with Gasteiger partial charge in [-0.25, -0.2) is 8.78 Å². The van der Waals surface area contributed by atoms with Crippen molar-refractivity contribution in [3.63, 3.8) is 0 Å². The number of carbonyl (C=O) groups is 1. The molecule has 0 spiro atoms. The number of halogens is 3. The van der Waals surface area contributed by atoms with E-state index in [2.05, 4.69) is 10.6 Å². The molecular weight excluding hydrogens is 274 g/mol. The predicted octanol–water partition coefficient (Wildman–Crippen LogP) is 2.42. The Labute approximate surface area is 118 Å². The van der Waals surface area contributed by atoms with Crippen LogP contribution in [-0.4, -0.2) is 19.5 Å². The Morgan fingerprint density at radius 3 is 2.42 bits per heavy atom. The number of rotatable bonds is 5. The summed E-state index contributed by atoms with van der Waals surface area (Å²) in [5.41, 5.74) is 0.541. The van der Waals surface area contributed by atoms with Gasteiger partial charge in [-0.05, 0) is 31.7 Å². The Morgan fingerprint density at radius 1 is 1.26 bits per heavy atom. The van der Waals surface area contributed by atoms with E-state index < -0.39 is 11.6 Å². The second-order valence-electron chi connectivity index (χ2n) is 4.36. The lowest BCUT2D eigenvalue weighted by Crippen LogP contribution is -2.35. The van der Waals surface area contributed by atoms with Crippen LogP contribution in [0.2, 0.25) is 0 Å². The fourth-order valence-corrected chi connectivity index (χ4v) is 1.62. The lowest BCUT2D eigenvalue weighted by atomic mass is 10.1. The molecule has 3 nitrogen and oxygen atoms in total. The second-order valence-corrected chi connectivity index (χ2v) is 4.36. The van der Waals surface area contributed by atoms with Gasteiger partial charge in [-0.3, -0.25) is 4.79 Å². The van der Waals surface area contributed by atoms with Crippen LogP contribution in [0.5, 0.6) is 0 Å². The molecule has 0 radical (unpaired) electrons. The van der Waals surface area contributed by atoms with Gasteiger partial charge in [0.05, 0.1) is 6.04 Å². The zero-order valence-corrected chi connectivity index (χ0v) is 12.0. The predicted molar refractivity (Wildman–Crippen MR) is 73.3 cm³/mol. The molecular formula is C13H19ClF2N2O. The van der Waals surface area contributed by atoms with Crippen molar-refractivity contribution < 1.29 is 13.6 Å².